The van der Waals surface area contributed by atoms with Crippen molar-refractivity contribution in [1.82, 2.24) is 22.9 Å². The summed E-state index contributed by atoms with van der Waals surface area (Å²) in [6, 6.07) is 1.88. The highest BCUT2D eigenvalue weighted by molar-refractivity contribution is 7.96. The van der Waals surface area contributed by atoms with Gasteiger partial charge in [-0.2, -0.15) is 0 Å². The first-order valence-electron chi connectivity index (χ1n) is 8.13. The summed E-state index contributed by atoms with van der Waals surface area (Å²) in [5.41, 5.74) is 2.22. The summed E-state index contributed by atoms with van der Waals surface area (Å²) in [7, 11) is 0.254. The van der Waals surface area contributed by atoms with E-state index in [0.717, 1.165) is 23.9 Å². The van der Waals surface area contributed by atoms with Crippen molar-refractivity contribution in [2.45, 2.75) is 6.42 Å². The van der Waals surface area contributed by atoms with Crippen molar-refractivity contribution in [2.75, 3.05) is 20.6 Å². The number of hydrogen-bond acceptors (Lipinski definition) is 7. The first-order valence-corrected chi connectivity index (χ1v) is 10.3. The molecule has 1 N–H and O–H groups in total. The highest BCUT2D eigenvalue weighted by Crippen LogP contribution is 2.35. The number of fused-ring (bicyclic) bond motifs is 2. The number of nitrogens with one attached hydrogen (secondary N) is 1. The van der Waals surface area contributed by atoms with Crippen molar-refractivity contribution in [3.8, 4) is 0 Å². The highest BCUT2D eigenvalue weighted by Gasteiger charge is 2.32. The standard InChI is InChI=1S/C17H19N5O2S2/c1-20(2)9-6-13-12-22(15-10-18-7-5-14(13)15)26(23,24)17-4-3-8-21-16(17)11-19-25-21/h3-5,7-8,10-12,19H,6,9H2,1-2H3. The summed E-state index contributed by atoms with van der Waals surface area (Å²) < 4.78 is 33.0. The lowest BCUT2D eigenvalue weighted by molar-refractivity contribution is 0.414. The zero-order chi connectivity index (χ0) is 18.3. The second kappa shape index (κ2) is 6.49. The van der Waals surface area contributed by atoms with E-state index in [2.05, 4.69) is 14.6 Å². The molecular formula is C17H19N5O2S2. The molecule has 2 aliphatic rings. The van der Waals surface area contributed by atoms with Gasteiger partial charge in [0.1, 0.15) is 4.91 Å². The van der Waals surface area contributed by atoms with Gasteiger partial charge in [-0.1, -0.05) is 0 Å². The number of pyridine rings is 1. The van der Waals surface area contributed by atoms with Crippen LogP contribution >= 0.6 is 12.1 Å². The lowest BCUT2D eigenvalue weighted by Crippen LogP contribution is -2.21. The van der Waals surface area contributed by atoms with E-state index in [1.54, 1.807) is 41.2 Å². The van der Waals surface area contributed by atoms with E-state index in [1.807, 2.05) is 26.4 Å². The van der Waals surface area contributed by atoms with Crippen molar-refractivity contribution in [3.63, 3.8) is 0 Å². The molecule has 0 aliphatic carbocycles. The number of likely N-dealkylation sites (N-methyl/N-ethyl adjacent to an activating group) is 1. The number of rotatable bonds is 5. The van der Waals surface area contributed by atoms with Gasteiger partial charge in [-0.25, -0.2) is 12.4 Å². The third kappa shape index (κ3) is 2.81. The van der Waals surface area contributed by atoms with Crippen LogP contribution in [0.15, 0.2) is 59.8 Å². The van der Waals surface area contributed by atoms with Gasteiger partial charge in [0, 0.05) is 36.7 Å². The van der Waals surface area contributed by atoms with Crippen LogP contribution in [-0.2, 0) is 16.4 Å². The maximum Gasteiger partial charge on any atom is 0.270 e. The molecule has 4 heterocycles. The van der Waals surface area contributed by atoms with Crippen LogP contribution in [0.4, 0.5) is 0 Å². The molecule has 0 atom stereocenters. The Bertz CT molecular complexity index is 1050. The van der Waals surface area contributed by atoms with Gasteiger partial charge >= 0.3 is 0 Å². The molecule has 0 bridgehead atoms. The lowest BCUT2D eigenvalue weighted by atomic mass is 10.1. The summed E-state index contributed by atoms with van der Waals surface area (Å²) in [6.45, 7) is 0.840. The zero-order valence-electron chi connectivity index (χ0n) is 14.5. The molecular weight excluding hydrogens is 370 g/mol. The fourth-order valence-electron chi connectivity index (χ4n) is 3.02. The van der Waals surface area contributed by atoms with Crippen LogP contribution in [0.25, 0.3) is 10.9 Å². The summed E-state index contributed by atoms with van der Waals surface area (Å²) in [5.74, 6) is 0. The normalized spacial score (nSPS) is 16.7. The number of aromatic nitrogens is 2. The average molecular weight is 390 g/mol. The smallest absolute Gasteiger partial charge is 0.270 e. The Kier molecular flexibility index (Phi) is 4.29. The van der Waals surface area contributed by atoms with Crippen molar-refractivity contribution < 1.29 is 8.42 Å². The molecule has 4 rings (SSSR count). The molecule has 7 nitrogen and oxygen atoms in total. The number of hydrogen-bond donors (Lipinski definition) is 1. The summed E-state index contributed by atoms with van der Waals surface area (Å²) in [6.07, 6.45) is 12.7. The quantitative estimate of drug-likeness (QED) is 0.785. The van der Waals surface area contributed by atoms with Crippen LogP contribution in [0.3, 0.4) is 0 Å². The Morgan fingerprint density at radius 1 is 1.35 bits per heavy atom. The Morgan fingerprint density at radius 2 is 2.19 bits per heavy atom. The van der Waals surface area contributed by atoms with Gasteiger partial charge in [-0.15, -0.1) is 0 Å². The largest absolute Gasteiger partial charge is 0.316 e. The Hall–Kier alpha value is -2.23. The second-order valence-corrected chi connectivity index (χ2v) is 8.93. The van der Waals surface area contributed by atoms with Crippen molar-refractivity contribution in [3.05, 3.63) is 65.4 Å². The predicted octanol–water partition coefficient (Wildman–Crippen LogP) is 2.04. The van der Waals surface area contributed by atoms with Gasteiger partial charge in [0.2, 0.25) is 0 Å². The highest BCUT2D eigenvalue weighted by atomic mass is 32.2. The Balaban J connectivity index is 1.83. The van der Waals surface area contributed by atoms with E-state index in [4.69, 9.17) is 0 Å². The molecule has 0 spiro atoms. The van der Waals surface area contributed by atoms with Crippen molar-refractivity contribution in [1.29, 1.82) is 0 Å². The van der Waals surface area contributed by atoms with Crippen LogP contribution < -0.4 is 4.72 Å². The SMILES string of the molecule is CN(C)CCc1cn(S(=O)(=O)C2=CC=CN3SNC=C23)c2cnccc12. The lowest BCUT2D eigenvalue weighted by Gasteiger charge is -2.20. The Morgan fingerprint density at radius 3 is 3.00 bits per heavy atom. The molecule has 0 saturated heterocycles. The van der Waals surface area contributed by atoms with Gasteiger partial charge in [-0.3, -0.25) is 9.29 Å². The molecule has 2 aliphatic heterocycles. The van der Waals surface area contributed by atoms with Gasteiger partial charge in [-0.05, 0) is 44.3 Å². The summed E-state index contributed by atoms with van der Waals surface area (Å²) in [5, 5.41) is 0.919. The Labute approximate surface area is 157 Å². The monoisotopic (exact) mass is 389 g/mol. The molecule has 26 heavy (non-hydrogen) atoms. The molecule has 0 radical (unpaired) electrons. The first-order chi connectivity index (χ1) is 12.5. The molecule has 2 aromatic heterocycles. The van der Waals surface area contributed by atoms with E-state index >= 15 is 0 Å². The van der Waals surface area contributed by atoms with E-state index in [-0.39, 0.29) is 4.91 Å². The van der Waals surface area contributed by atoms with Crippen molar-refractivity contribution >= 4 is 33.1 Å². The van der Waals surface area contributed by atoms with Crippen molar-refractivity contribution in [2.24, 2.45) is 0 Å². The van der Waals surface area contributed by atoms with E-state index in [0.29, 0.717) is 11.2 Å². The van der Waals surface area contributed by atoms with Crippen LogP contribution in [0.1, 0.15) is 5.56 Å². The van der Waals surface area contributed by atoms with Gasteiger partial charge in [0.25, 0.3) is 10.0 Å². The summed E-state index contributed by atoms with van der Waals surface area (Å²) >= 11 is 1.33. The third-order valence-corrected chi connectivity index (χ3v) is 6.79. The molecule has 0 fully saturated rings. The minimum atomic E-state index is -3.75. The van der Waals surface area contributed by atoms with E-state index in [1.165, 1.54) is 16.1 Å². The molecule has 2 aromatic rings. The van der Waals surface area contributed by atoms with Crippen LogP contribution in [0.5, 0.6) is 0 Å². The molecule has 0 saturated carbocycles. The maximum atomic E-state index is 13.4. The zero-order valence-corrected chi connectivity index (χ0v) is 16.1. The number of allylic oxidation sites excluding steroid dienone is 2. The minimum Gasteiger partial charge on any atom is -0.316 e. The average Bonchev–Trinajstić information content (AvgIpc) is 3.24. The second-order valence-electron chi connectivity index (χ2n) is 6.34. The van der Waals surface area contributed by atoms with Crippen LogP contribution in [-0.4, -0.2) is 47.2 Å². The molecule has 9 heteroatoms. The van der Waals surface area contributed by atoms with Crippen LogP contribution in [0, 0.1) is 0 Å². The topological polar surface area (TPSA) is 70.5 Å². The number of nitrogens with zero attached hydrogens (tertiary/aromatic N) is 4. The third-order valence-electron chi connectivity index (χ3n) is 4.33. The predicted molar refractivity (Wildman–Crippen MR) is 104 cm³/mol. The molecule has 0 aromatic carbocycles. The van der Waals surface area contributed by atoms with E-state index in [9.17, 15) is 8.42 Å². The first kappa shape index (κ1) is 17.2. The fraction of sp³-hybridized carbons (Fsp3) is 0.235. The molecule has 136 valence electrons. The minimum absolute atomic E-state index is 0.261. The van der Waals surface area contributed by atoms with Crippen LogP contribution in [0.2, 0.25) is 0 Å². The molecule has 0 unspecified atom stereocenters. The van der Waals surface area contributed by atoms with Gasteiger partial charge < -0.3 is 9.62 Å². The molecule has 0 amide bonds. The van der Waals surface area contributed by atoms with Gasteiger partial charge in [0.15, 0.2) is 0 Å². The fourth-order valence-corrected chi connectivity index (χ4v) is 5.29. The maximum absolute atomic E-state index is 13.4. The summed E-state index contributed by atoms with van der Waals surface area (Å²) in [4.78, 5) is 6.48. The van der Waals surface area contributed by atoms with Gasteiger partial charge in [0.05, 0.1) is 29.5 Å². The van der Waals surface area contributed by atoms with E-state index < -0.39 is 10.0 Å².